The monoisotopic (exact) mass is 117 g/mol. The summed E-state index contributed by atoms with van der Waals surface area (Å²) < 4.78 is 5.02. The first-order valence-corrected chi connectivity index (χ1v) is 3.23. The summed E-state index contributed by atoms with van der Waals surface area (Å²) in [6, 6.07) is 0. The molecule has 0 rings (SSSR count). The van der Waals surface area contributed by atoms with E-state index in [1.807, 2.05) is 0 Å². The topological polar surface area (TPSA) is 9.23 Å². The van der Waals surface area contributed by atoms with Gasteiger partial charge < -0.3 is 0 Å². The van der Waals surface area contributed by atoms with Crippen molar-refractivity contribution in [1.82, 2.24) is 0 Å². The van der Waals surface area contributed by atoms with E-state index in [2.05, 4.69) is 6.92 Å². The van der Waals surface area contributed by atoms with Gasteiger partial charge in [0, 0.05) is 0 Å². The van der Waals surface area contributed by atoms with E-state index in [9.17, 15) is 0 Å². The van der Waals surface area contributed by atoms with Gasteiger partial charge in [-0.3, -0.25) is 0 Å². The van der Waals surface area contributed by atoms with Crippen molar-refractivity contribution in [3.05, 3.63) is 0 Å². The Labute approximate surface area is 59.6 Å². The molecule has 0 aromatic carbocycles. The zero-order valence-electron chi connectivity index (χ0n) is 5.84. The van der Waals surface area contributed by atoms with Crippen LogP contribution in [-0.2, 0) is 4.65 Å². The molecule has 43 valence electrons. The van der Waals surface area contributed by atoms with E-state index in [0.29, 0.717) is 0 Å². The van der Waals surface area contributed by atoms with Crippen LogP contribution in [0.3, 0.4) is 0 Å². The van der Waals surface area contributed by atoms with Crippen molar-refractivity contribution in [1.29, 1.82) is 0 Å². The molecule has 0 atom stereocenters. The number of hydrogen-bond acceptors (Lipinski definition) is 1. The molecule has 0 aliphatic carbocycles. The second kappa shape index (κ2) is 8.06. The number of rotatable bonds is 5. The normalized spacial score (nSPS) is 7.56. The van der Waals surface area contributed by atoms with Gasteiger partial charge in [0.25, 0.3) is 0 Å². The molecule has 0 saturated carbocycles. The van der Waals surface area contributed by atoms with Gasteiger partial charge >= 0.3 is 58.8 Å². The fourth-order valence-electron chi connectivity index (χ4n) is 0.397. The van der Waals surface area contributed by atoms with Crippen LogP contribution in [0.1, 0.15) is 19.8 Å². The molecule has 0 aromatic heterocycles. The first kappa shape index (κ1) is 9.06. The van der Waals surface area contributed by atoms with Crippen LogP contribution in [0.4, 0.5) is 0 Å². The molecule has 9 heavy (non-hydrogen) atoms. The Kier molecular flexibility index (Phi) is 8.11. The Hall–Kier alpha value is 0.0597. The van der Waals surface area contributed by atoms with E-state index < -0.39 is 0 Å². The average molecular weight is 116 g/mol. The van der Waals surface area contributed by atoms with Gasteiger partial charge in [-0.25, -0.2) is 0 Å². The Morgan fingerprint density at radius 3 is 2.89 bits per heavy atom. The van der Waals surface area contributed by atoms with Crippen LogP contribution in [0.15, 0.2) is 0 Å². The number of hydrogen-bond donors (Lipinski definition) is 0. The van der Waals surface area contributed by atoms with Gasteiger partial charge in [-0.1, -0.05) is 0 Å². The average Bonchev–Trinajstić information content (AvgIpc) is 1.89. The van der Waals surface area contributed by atoms with Crippen LogP contribution in [0.5, 0.6) is 0 Å². The van der Waals surface area contributed by atoms with Gasteiger partial charge in [-0.2, -0.15) is 0 Å². The minimum atomic E-state index is 0.792. The maximum atomic E-state index is 5.05. The molecule has 0 aliphatic heterocycles. The quantitative estimate of drug-likeness (QED) is 0.355. The maximum absolute atomic E-state index is 5.05. The summed E-state index contributed by atoms with van der Waals surface area (Å²) in [6.45, 7) is 6.05. The molecule has 0 unspecified atom stereocenters. The third kappa shape index (κ3) is 8.06. The number of unbranched alkanes of at least 4 members (excludes halogenated alkanes) is 1. The summed E-state index contributed by atoms with van der Waals surface area (Å²) in [5.74, 6) is 0. The van der Waals surface area contributed by atoms with Crippen molar-refractivity contribution in [3.8, 4) is 0 Å². The molecule has 0 aliphatic rings. The molecule has 0 N–H and O–H groups in total. The Morgan fingerprint density at radius 1 is 1.56 bits per heavy atom. The molecule has 0 spiro atoms. The zero-order chi connectivity index (χ0) is 6.95. The van der Waals surface area contributed by atoms with Crippen molar-refractivity contribution in [2.24, 2.45) is 0 Å². The molecule has 1 radical (unpaired) electrons. The second-order valence-corrected chi connectivity index (χ2v) is 1.75. The molecule has 5 heteroatoms. The first-order valence-electron chi connectivity index (χ1n) is 3.23. The van der Waals surface area contributed by atoms with Gasteiger partial charge in [0.1, 0.15) is 0 Å². The van der Waals surface area contributed by atoms with Crippen molar-refractivity contribution >= 4 is 27.8 Å². The third-order valence-corrected chi connectivity index (χ3v) is 0.902. The van der Waals surface area contributed by atoms with E-state index in [1.165, 1.54) is 13.1 Å². The van der Waals surface area contributed by atoms with Crippen LogP contribution in [0, 0.1) is 0 Å². The predicted molar refractivity (Wildman–Crippen MR) is 43.9 cm³/mol. The summed E-state index contributed by atoms with van der Waals surface area (Å²) in [5.41, 5.74) is 0. The molecule has 0 amide bonds. The Balaban J connectivity index is 2.90. The molecule has 0 heterocycles. The van der Waals surface area contributed by atoms with Crippen LogP contribution in [0.2, 0.25) is 0 Å². The van der Waals surface area contributed by atoms with Crippen molar-refractivity contribution < 1.29 is 4.65 Å². The van der Waals surface area contributed by atoms with Crippen LogP contribution in [-0.4, -0.2) is 34.4 Å². The van der Waals surface area contributed by atoms with Crippen molar-refractivity contribution in [3.63, 3.8) is 0 Å². The molecule has 0 saturated heterocycles. The van der Waals surface area contributed by atoms with Crippen molar-refractivity contribution in [2.75, 3.05) is 6.61 Å². The summed E-state index contributed by atoms with van der Waals surface area (Å²) in [7, 11) is 6.66. The summed E-state index contributed by atoms with van der Waals surface area (Å²) in [5, 5.41) is 0. The predicted octanol–water partition coefficient (Wildman–Crippen LogP) is -0.256. The van der Waals surface area contributed by atoms with Gasteiger partial charge in [-0.05, 0) is 0 Å². The van der Waals surface area contributed by atoms with Gasteiger partial charge in [-0.15, -0.1) is 0 Å². The van der Waals surface area contributed by atoms with Gasteiger partial charge in [0.05, 0.1) is 0 Å². The standard InChI is InChI=1S/C4H9B4O/c1-2-3-4-9-8-7-6-5/h2-4H2,1H3. The first-order chi connectivity index (χ1) is 4.41. The molecule has 1 nitrogen and oxygen atoms in total. The molecular formula is C4H9B4O. The van der Waals surface area contributed by atoms with Crippen LogP contribution >= 0.6 is 0 Å². The van der Waals surface area contributed by atoms with E-state index >= 15 is 0 Å². The van der Waals surface area contributed by atoms with Crippen LogP contribution in [0.25, 0.3) is 0 Å². The fourth-order valence-corrected chi connectivity index (χ4v) is 0.397. The van der Waals surface area contributed by atoms with E-state index in [4.69, 9.17) is 12.0 Å². The van der Waals surface area contributed by atoms with Gasteiger partial charge in [0.2, 0.25) is 0 Å². The fraction of sp³-hybridized carbons (Fsp3) is 1.00. The van der Waals surface area contributed by atoms with Crippen molar-refractivity contribution in [2.45, 2.75) is 19.8 Å². The summed E-state index contributed by atoms with van der Waals surface area (Å²) in [4.78, 5) is 0. The van der Waals surface area contributed by atoms with E-state index in [1.54, 1.807) is 13.7 Å². The molecule has 0 bridgehead atoms. The van der Waals surface area contributed by atoms with E-state index in [-0.39, 0.29) is 0 Å². The third-order valence-electron chi connectivity index (χ3n) is 0.902. The minimum absolute atomic E-state index is 0.792. The summed E-state index contributed by atoms with van der Waals surface area (Å²) in [6.07, 6.45) is 2.27. The Morgan fingerprint density at radius 2 is 2.33 bits per heavy atom. The molecule has 0 aromatic rings. The Bertz CT molecular complexity index is 92.6. The molecular weight excluding hydrogens is 107 g/mol. The second-order valence-electron chi connectivity index (χ2n) is 1.75. The van der Waals surface area contributed by atoms with Gasteiger partial charge in [0.15, 0.2) is 0 Å². The molecule has 0 fully saturated rings. The van der Waals surface area contributed by atoms with Crippen LogP contribution < -0.4 is 0 Å². The van der Waals surface area contributed by atoms with E-state index in [0.717, 1.165) is 13.0 Å². The zero-order valence-corrected chi connectivity index (χ0v) is 5.84. The SMILES string of the molecule is [B]=BB=BOCCCC. The summed E-state index contributed by atoms with van der Waals surface area (Å²) >= 11 is 0.